The fourth-order valence-corrected chi connectivity index (χ4v) is 7.30. The van der Waals surface area contributed by atoms with E-state index in [2.05, 4.69) is 0 Å². The van der Waals surface area contributed by atoms with Crippen LogP contribution in [0.5, 0.6) is 0 Å². The molecule has 0 aliphatic carbocycles. The quantitative estimate of drug-likeness (QED) is 0.661. The van der Waals surface area contributed by atoms with Crippen molar-refractivity contribution in [1.29, 1.82) is 0 Å². The van der Waals surface area contributed by atoms with E-state index in [1.807, 2.05) is 97.9 Å². The van der Waals surface area contributed by atoms with Gasteiger partial charge in [0.25, 0.3) is 0 Å². The van der Waals surface area contributed by atoms with Crippen LogP contribution in [0, 0.1) is 0 Å². The summed E-state index contributed by atoms with van der Waals surface area (Å²) in [4.78, 5) is 13.3. The number of rotatable bonds is 5. The van der Waals surface area contributed by atoms with Crippen molar-refractivity contribution in [2.75, 3.05) is 6.61 Å². The van der Waals surface area contributed by atoms with Gasteiger partial charge in [0.05, 0.1) is 0 Å². The molecule has 3 aromatic rings. The summed E-state index contributed by atoms with van der Waals surface area (Å²) in [7, 11) is -2.91. The van der Waals surface area contributed by atoms with Gasteiger partial charge in [0.2, 0.25) is 0 Å². The van der Waals surface area contributed by atoms with Crippen LogP contribution >= 0.6 is 7.26 Å². The Morgan fingerprint density at radius 3 is 1.33 bits per heavy atom. The maximum atomic E-state index is 13.3. The summed E-state index contributed by atoms with van der Waals surface area (Å²) in [5.41, 5.74) is -0.117. The molecule has 0 aliphatic rings. The minimum absolute atomic E-state index is 0.117. The van der Waals surface area contributed by atoms with Gasteiger partial charge in [0.15, 0.2) is 0 Å². The summed E-state index contributed by atoms with van der Waals surface area (Å²) in [6.07, 6.45) is 0. The number of carbonyl (C=O) groups excluding carboxylic acids is 1. The van der Waals surface area contributed by atoms with E-state index in [9.17, 15) is 4.79 Å². The average molecular weight is 336 g/mol. The van der Waals surface area contributed by atoms with Crippen LogP contribution in [0.25, 0.3) is 0 Å². The van der Waals surface area contributed by atoms with Crippen molar-refractivity contribution in [2.24, 2.45) is 0 Å². The molecule has 0 atom stereocenters. The molecule has 0 saturated carbocycles. The van der Waals surface area contributed by atoms with Crippen molar-refractivity contribution >= 4 is 28.9 Å². The zero-order chi connectivity index (χ0) is 16.8. The van der Waals surface area contributed by atoms with Crippen molar-refractivity contribution in [1.82, 2.24) is 0 Å². The molecule has 2 nitrogen and oxygen atoms in total. The van der Waals surface area contributed by atoms with Crippen molar-refractivity contribution in [2.45, 2.75) is 6.92 Å². The third-order valence-electron chi connectivity index (χ3n) is 4.20. The van der Waals surface area contributed by atoms with Gasteiger partial charge in [-0.15, -0.1) is 0 Å². The predicted octanol–water partition coefficient (Wildman–Crippen LogP) is 3.87. The molecule has 3 rings (SSSR count). The number of hydrogen-bond donors (Lipinski definition) is 0. The Kier molecular flexibility index (Phi) is 5.08. The molecule has 0 saturated heterocycles. The summed E-state index contributed by atoms with van der Waals surface area (Å²) in [5, 5.41) is 3.13. The van der Waals surface area contributed by atoms with Crippen molar-refractivity contribution in [3.8, 4) is 0 Å². The van der Waals surface area contributed by atoms with Crippen LogP contribution in [0.3, 0.4) is 0 Å². The number of benzene rings is 3. The average Bonchev–Trinajstić information content (AvgIpc) is 2.65. The van der Waals surface area contributed by atoms with Gasteiger partial charge in [0, 0.05) is 0 Å². The molecule has 3 heteroatoms. The van der Waals surface area contributed by atoms with Gasteiger partial charge < -0.3 is 0 Å². The van der Waals surface area contributed by atoms with Crippen molar-refractivity contribution in [3.63, 3.8) is 0 Å². The van der Waals surface area contributed by atoms with Crippen LogP contribution in [-0.4, -0.2) is 12.3 Å². The normalized spacial score (nSPS) is 11.7. The summed E-state index contributed by atoms with van der Waals surface area (Å²) in [6, 6.07) is 30.1. The van der Waals surface area contributed by atoms with E-state index in [0.717, 1.165) is 15.9 Å². The first-order valence-corrected chi connectivity index (χ1v) is 10.1. The third kappa shape index (κ3) is 2.86. The molecule has 122 valence electrons. The van der Waals surface area contributed by atoms with E-state index < -0.39 is 7.26 Å². The Bertz CT molecular complexity index is 689. The monoisotopic (exact) mass is 336 g/mol. The second-order valence-electron chi connectivity index (χ2n) is 5.57. The van der Waals surface area contributed by atoms with Crippen molar-refractivity contribution < 1.29 is 9.53 Å². The van der Waals surface area contributed by atoms with Crippen LogP contribution in [0.2, 0.25) is 0 Å². The van der Waals surface area contributed by atoms with E-state index in [0.29, 0.717) is 6.61 Å². The molecule has 0 N–H and O–H groups in total. The van der Waals surface area contributed by atoms with Crippen LogP contribution in [0.1, 0.15) is 6.92 Å². The van der Waals surface area contributed by atoms with Gasteiger partial charge in [-0.05, 0) is 0 Å². The van der Waals surface area contributed by atoms with Gasteiger partial charge in [-0.25, -0.2) is 0 Å². The molecule has 0 heterocycles. The number of ether oxygens (including phenoxy) is 1. The molecule has 0 fully saturated rings. The zero-order valence-electron chi connectivity index (χ0n) is 13.7. The van der Waals surface area contributed by atoms with Crippen LogP contribution in [0.4, 0.5) is 4.79 Å². The number of hydrogen-bond acceptors (Lipinski definition) is 2. The molecular weight excluding hydrogens is 315 g/mol. The Labute approximate surface area is 143 Å². The Balaban J connectivity index is 2.35. The summed E-state index contributed by atoms with van der Waals surface area (Å²) in [6.45, 7) is 2.23. The van der Waals surface area contributed by atoms with Gasteiger partial charge in [-0.1, -0.05) is 0 Å². The van der Waals surface area contributed by atoms with Crippen LogP contribution in [0.15, 0.2) is 91.0 Å². The van der Waals surface area contributed by atoms with E-state index in [1.165, 1.54) is 0 Å². The first kappa shape index (κ1) is 16.4. The molecule has 0 radical (unpaired) electrons. The fourth-order valence-electron chi connectivity index (χ4n) is 3.16. The molecule has 0 aliphatic heterocycles. The Morgan fingerprint density at radius 2 is 1.04 bits per heavy atom. The summed E-state index contributed by atoms with van der Waals surface area (Å²) >= 11 is 0. The maximum absolute atomic E-state index is 13.3. The molecule has 0 unspecified atom stereocenters. The second kappa shape index (κ2) is 7.42. The molecule has 24 heavy (non-hydrogen) atoms. The topological polar surface area (TPSA) is 26.3 Å². The standard InChI is InChI=1S/C21H21O2P/c1-2-23-21(22)24(18-12-6-3-7-13-18,19-14-8-4-9-15-19)20-16-10-5-11-17-20/h3-17,24H,2H2,1H3. The first-order valence-electron chi connectivity index (χ1n) is 8.14. The predicted molar refractivity (Wildman–Crippen MR) is 104 cm³/mol. The number of carbonyl (C=O) groups is 1. The van der Waals surface area contributed by atoms with E-state index in [-0.39, 0.29) is 5.71 Å². The summed E-state index contributed by atoms with van der Waals surface area (Å²) < 4.78 is 5.59. The zero-order valence-corrected chi connectivity index (χ0v) is 14.7. The SMILES string of the molecule is CCOC(=O)[PH](c1ccccc1)(c1ccccc1)c1ccccc1. The second-order valence-corrected chi connectivity index (χ2v) is 9.21. The van der Waals surface area contributed by atoms with Gasteiger partial charge >= 0.3 is 143 Å². The molecule has 3 aromatic carbocycles. The van der Waals surface area contributed by atoms with E-state index in [4.69, 9.17) is 4.74 Å². The van der Waals surface area contributed by atoms with Crippen LogP contribution < -0.4 is 15.9 Å². The molecule has 0 spiro atoms. The Hall–Kier alpha value is -2.44. The van der Waals surface area contributed by atoms with E-state index in [1.54, 1.807) is 0 Å². The molecule has 0 aromatic heterocycles. The third-order valence-corrected chi connectivity index (χ3v) is 8.56. The fraction of sp³-hybridized carbons (Fsp3) is 0.0952. The summed E-state index contributed by atoms with van der Waals surface area (Å²) in [5.74, 6) is 0. The van der Waals surface area contributed by atoms with Gasteiger partial charge in [0.1, 0.15) is 0 Å². The Morgan fingerprint density at radius 1 is 0.708 bits per heavy atom. The molecular formula is C21H21O2P. The minimum atomic E-state index is -2.91. The van der Waals surface area contributed by atoms with Gasteiger partial charge in [-0.3, -0.25) is 0 Å². The van der Waals surface area contributed by atoms with Crippen LogP contribution in [-0.2, 0) is 4.74 Å². The molecule has 0 bridgehead atoms. The molecule has 0 amide bonds. The van der Waals surface area contributed by atoms with Crippen molar-refractivity contribution in [3.05, 3.63) is 91.0 Å². The first-order chi connectivity index (χ1) is 11.8. The van der Waals surface area contributed by atoms with E-state index >= 15 is 0 Å². The van der Waals surface area contributed by atoms with Gasteiger partial charge in [-0.2, -0.15) is 0 Å².